The topological polar surface area (TPSA) is 182 Å². The van der Waals surface area contributed by atoms with Gasteiger partial charge in [0.05, 0.1) is 44.3 Å². The minimum absolute atomic E-state index is 0.00762. The summed E-state index contributed by atoms with van der Waals surface area (Å²) < 4.78 is 215. The largest absolute Gasteiger partial charge is 0.491 e. The minimum Gasteiger partial charge on any atom is -0.385 e. The maximum atomic E-state index is 13.5. The van der Waals surface area contributed by atoms with E-state index in [1.54, 1.807) is 0 Å². The number of rotatable bonds is 10. The van der Waals surface area contributed by atoms with Crippen molar-refractivity contribution in [1.29, 1.82) is 0 Å². The number of imidazole rings is 1. The van der Waals surface area contributed by atoms with Crippen LogP contribution in [-0.4, -0.2) is 51.5 Å². The monoisotopic (exact) mass is 829 g/mol. The Bertz CT molecular complexity index is 2260. The number of esters is 2. The van der Waals surface area contributed by atoms with Gasteiger partial charge in [0.1, 0.15) is 12.4 Å². The number of ether oxygens (including phenoxy) is 1. The van der Waals surface area contributed by atoms with Crippen molar-refractivity contribution < 1.29 is 83.8 Å². The van der Waals surface area contributed by atoms with Gasteiger partial charge in [0.2, 0.25) is 10.0 Å². The Kier molecular flexibility index (Phi) is 11.1. The number of alkyl halides is 12. The zero-order valence-electron chi connectivity index (χ0n) is 25.9. The van der Waals surface area contributed by atoms with Crippen LogP contribution in [-0.2, 0) is 59.5 Å². The summed E-state index contributed by atoms with van der Waals surface area (Å²) in [6.07, 6.45) is -22.1. The summed E-state index contributed by atoms with van der Waals surface area (Å²) in [5.74, 6) is -5.51. The van der Waals surface area contributed by atoms with E-state index in [-0.39, 0.29) is 39.1 Å². The van der Waals surface area contributed by atoms with Crippen molar-refractivity contribution >= 4 is 48.9 Å². The second-order valence-electron chi connectivity index (χ2n) is 10.9. The lowest BCUT2D eigenvalue weighted by molar-refractivity contribution is -0.201. The number of fused-ring (bicyclic) bond motifs is 1. The summed E-state index contributed by atoms with van der Waals surface area (Å²) in [5, 5.41) is 5.03. The maximum absolute atomic E-state index is 13.5. The lowest BCUT2D eigenvalue weighted by atomic mass is 10.1. The van der Waals surface area contributed by atoms with Crippen LogP contribution in [0.5, 0.6) is 0 Å². The number of hydrogen-bond acceptors (Lipinski definition) is 8. The fraction of sp³-hybridized carbons (Fsp3) is 0.250. The highest BCUT2D eigenvalue weighted by Crippen LogP contribution is 2.38. The summed E-state index contributed by atoms with van der Waals surface area (Å²) in [6, 6.07) is 3.34. The Morgan fingerprint density at radius 2 is 1.31 bits per heavy atom. The Hall–Kier alpha value is -4.95. The highest BCUT2D eigenvalue weighted by atomic mass is 32.2. The van der Waals surface area contributed by atoms with Gasteiger partial charge in [-0.05, 0) is 60.5 Å². The van der Waals surface area contributed by atoms with Gasteiger partial charge < -0.3 is 9.72 Å². The lowest BCUT2D eigenvalue weighted by Gasteiger charge is -2.22. The molecular weight excluding hydrogens is 810 g/mol. The van der Waals surface area contributed by atoms with E-state index in [0.717, 1.165) is 30.3 Å². The average molecular weight is 830 g/mol. The molecule has 54 heavy (non-hydrogen) atoms. The van der Waals surface area contributed by atoms with Gasteiger partial charge in [-0.3, -0.25) is 0 Å². The molecule has 3 aromatic carbocycles. The number of aromatic amines is 1. The zero-order chi connectivity index (χ0) is 40.8. The first-order valence-corrected chi connectivity index (χ1v) is 17.0. The van der Waals surface area contributed by atoms with Crippen LogP contribution >= 0.6 is 0 Å². The second kappa shape index (κ2) is 14.4. The number of aromatic nitrogens is 2. The normalized spacial score (nSPS) is 13.9. The van der Waals surface area contributed by atoms with Crippen LogP contribution in [0.25, 0.3) is 11.0 Å². The second-order valence-corrected chi connectivity index (χ2v) is 14.1. The molecule has 1 aromatic heterocycles. The van der Waals surface area contributed by atoms with Crippen molar-refractivity contribution in [3.8, 4) is 0 Å². The van der Waals surface area contributed by atoms with Crippen LogP contribution in [0.4, 0.5) is 58.4 Å². The first-order chi connectivity index (χ1) is 24.4. The molecular formula is C28H19F12N5O7S2. The lowest BCUT2D eigenvalue weighted by Crippen LogP contribution is -2.42. The van der Waals surface area contributed by atoms with E-state index in [0.29, 0.717) is 12.1 Å². The molecule has 4 aromatic rings. The molecule has 0 aliphatic rings. The number of H-pyrrole nitrogens is 1. The predicted molar refractivity (Wildman–Crippen MR) is 158 cm³/mol. The highest BCUT2D eigenvalue weighted by molar-refractivity contribution is 7.90. The van der Waals surface area contributed by atoms with Crippen molar-refractivity contribution in [3.05, 3.63) is 88.7 Å². The van der Waals surface area contributed by atoms with Crippen LogP contribution in [0, 0.1) is 0 Å². The molecule has 0 bridgehead atoms. The molecule has 0 aliphatic heterocycles. The van der Waals surface area contributed by atoms with E-state index in [1.807, 2.05) is 4.72 Å². The van der Waals surface area contributed by atoms with Gasteiger partial charge in [0.15, 0.2) is 0 Å². The van der Waals surface area contributed by atoms with Gasteiger partial charge >= 0.3 is 36.6 Å². The number of benzene rings is 3. The van der Waals surface area contributed by atoms with Crippen LogP contribution in [0.1, 0.15) is 34.1 Å². The Morgan fingerprint density at radius 3 is 1.80 bits per heavy atom. The van der Waals surface area contributed by atoms with Crippen LogP contribution in [0.2, 0.25) is 0 Å². The van der Waals surface area contributed by atoms with E-state index in [4.69, 9.17) is 5.14 Å². The summed E-state index contributed by atoms with van der Waals surface area (Å²) in [6.45, 7) is -1.57. The number of sulfonamides is 1. The van der Waals surface area contributed by atoms with Crippen molar-refractivity contribution in [2.45, 2.75) is 42.1 Å². The molecule has 1 atom stereocenters. The van der Waals surface area contributed by atoms with E-state index < -0.39 is 109 Å². The van der Waals surface area contributed by atoms with Crippen molar-refractivity contribution in [2.75, 3.05) is 10.8 Å². The van der Waals surface area contributed by atoms with Crippen molar-refractivity contribution in [2.24, 2.45) is 5.14 Å². The third-order valence-corrected chi connectivity index (χ3v) is 9.41. The standard InChI is InChI=1S/C28H19F12N5O7S2/c29-25(30,31)14-3-6-19-20(11-14)43-23(42-19)21(44-53(48,49)18-9-15(26(32,33)34)8-16(10-18)27(35,36)37)7-13-1-4-17(5-2-13)45(54(41,50)51)12-22(46)52-24(47)28(38,39)40/h1-6,8-11,21,44H,7,12H2,(H,42,43)(H2,41,50,51). The Labute approximate surface area is 294 Å². The van der Waals surface area contributed by atoms with Gasteiger partial charge in [0.25, 0.3) is 10.2 Å². The average Bonchev–Trinajstić information content (AvgIpc) is 3.45. The first-order valence-electron chi connectivity index (χ1n) is 14.0. The number of halogens is 12. The predicted octanol–water partition coefficient (Wildman–Crippen LogP) is 5.52. The molecule has 4 N–H and O–H groups in total. The molecule has 4 rings (SSSR count). The van der Waals surface area contributed by atoms with Gasteiger partial charge in [-0.15, -0.1) is 0 Å². The SMILES string of the molecule is NS(=O)(=O)N(CC(=O)OC(=O)C(F)(F)F)c1ccc(CC(NS(=O)(=O)c2cc(C(F)(F)F)cc(C(F)(F)F)c2)c2nc3ccc(C(F)(F)F)cc3[nH]2)cc1. The molecule has 12 nitrogen and oxygen atoms in total. The molecule has 1 unspecified atom stereocenters. The number of nitrogens with one attached hydrogen (secondary N) is 2. The fourth-order valence-corrected chi connectivity index (χ4v) is 6.55. The molecule has 1 heterocycles. The molecule has 0 aliphatic carbocycles. The summed E-state index contributed by atoms with van der Waals surface area (Å²) in [7, 11) is -10.4. The highest BCUT2D eigenvalue weighted by Gasteiger charge is 2.43. The molecule has 0 radical (unpaired) electrons. The molecule has 294 valence electrons. The van der Waals surface area contributed by atoms with Gasteiger partial charge in [-0.25, -0.2) is 37.2 Å². The maximum Gasteiger partial charge on any atom is 0.491 e. The minimum atomic E-state index is -5.63. The van der Waals surface area contributed by atoms with Crippen LogP contribution in [0.15, 0.2) is 65.6 Å². The van der Waals surface area contributed by atoms with Gasteiger partial charge in [-0.2, -0.15) is 61.1 Å². The van der Waals surface area contributed by atoms with E-state index in [9.17, 15) is 79.1 Å². The quantitative estimate of drug-likeness (QED) is 0.106. The van der Waals surface area contributed by atoms with E-state index in [2.05, 4.69) is 14.7 Å². The van der Waals surface area contributed by atoms with Gasteiger partial charge in [0, 0.05) is 0 Å². The molecule has 26 heteroatoms. The Morgan fingerprint density at radius 1 is 0.778 bits per heavy atom. The summed E-state index contributed by atoms with van der Waals surface area (Å²) in [4.78, 5) is 27.7. The number of anilines is 1. The zero-order valence-corrected chi connectivity index (χ0v) is 27.6. The molecule has 0 fully saturated rings. The van der Waals surface area contributed by atoms with E-state index >= 15 is 0 Å². The number of nitrogens with two attached hydrogens (primary N) is 1. The fourth-order valence-electron chi connectivity index (χ4n) is 4.57. The number of nitrogens with zero attached hydrogens (tertiary/aromatic N) is 2. The smallest absolute Gasteiger partial charge is 0.385 e. The third-order valence-electron chi connectivity index (χ3n) is 7.01. The van der Waals surface area contributed by atoms with Crippen molar-refractivity contribution in [1.82, 2.24) is 14.7 Å². The third kappa shape index (κ3) is 10.2. The molecule has 0 saturated carbocycles. The van der Waals surface area contributed by atoms with E-state index in [1.165, 1.54) is 0 Å². The molecule has 0 saturated heterocycles. The van der Waals surface area contributed by atoms with Crippen molar-refractivity contribution in [3.63, 3.8) is 0 Å². The van der Waals surface area contributed by atoms with Crippen LogP contribution < -0.4 is 14.2 Å². The van der Waals surface area contributed by atoms with Crippen LogP contribution in [0.3, 0.4) is 0 Å². The summed E-state index contributed by atoms with van der Waals surface area (Å²) >= 11 is 0. The molecule has 0 amide bonds. The summed E-state index contributed by atoms with van der Waals surface area (Å²) in [5.41, 5.74) is -6.34. The number of carbonyl (C=O) groups excluding carboxylic acids is 2. The molecule has 0 spiro atoms. The Balaban J connectivity index is 1.76. The number of hydrogen-bond donors (Lipinski definition) is 3. The van der Waals surface area contributed by atoms with Gasteiger partial charge in [-0.1, -0.05) is 12.1 Å². The first kappa shape index (κ1) is 41.8. The number of carbonyl (C=O) groups is 2.